The fourth-order valence-electron chi connectivity index (χ4n) is 3.65. The molecule has 0 radical (unpaired) electrons. The standard InChI is InChI=1S/C18H25N3O4S/c1-19(2)18(23)14-6-3-8-16(12-14)26(24,25)20-10-4-7-15(13-20)21-11-5-9-17(21)22/h3,6,8,12,15H,4-5,7,9-11,13H2,1-2H3. The number of hydrogen-bond donors (Lipinski definition) is 0. The fourth-order valence-corrected chi connectivity index (χ4v) is 5.21. The summed E-state index contributed by atoms with van der Waals surface area (Å²) in [6, 6.07) is 6.10. The molecule has 2 amide bonds. The Morgan fingerprint density at radius 3 is 2.62 bits per heavy atom. The Bertz CT molecular complexity index is 806. The van der Waals surface area contributed by atoms with Gasteiger partial charge in [-0.15, -0.1) is 0 Å². The maximum absolute atomic E-state index is 13.1. The second-order valence-electron chi connectivity index (χ2n) is 7.08. The molecule has 0 aliphatic carbocycles. The van der Waals surface area contributed by atoms with Crippen LogP contribution in [0.15, 0.2) is 29.2 Å². The quantitative estimate of drug-likeness (QED) is 0.787. The number of carbonyl (C=O) groups is 2. The number of hydrogen-bond acceptors (Lipinski definition) is 4. The minimum atomic E-state index is -3.70. The Kier molecular flexibility index (Phi) is 5.34. The van der Waals surface area contributed by atoms with Gasteiger partial charge in [0, 0.05) is 51.8 Å². The average molecular weight is 379 g/mol. The van der Waals surface area contributed by atoms with Crippen molar-refractivity contribution in [2.75, 3.05) is 33.7 Å². The number of piperidine rings is 1. The molecular weight excluding hydrogens is 354 g/mol. The second-order valence-corrected chi connectivity index (χ2v) is 9.02. The molecule has 1 atom stereocenters. The van der Waals surface area contributed by atoms with E-state index in [9.17, 15) is 18.0 Å². The van der Waals surface area contributed by atoms with Crippen molar-refractivity contribution >= 4 is 21.8 Å². The van der Waals surface area contributed by atoms with Gasteiger partial charge in [-0.05, 0) is 37.5 Å². The number of amides is 2. The first-order chi connectivity index (χ1) is 12.3. The van der Waals surface area contributed by atoms with Gasteiger partial charge in [0.1, 0.15) is 0 Å². The number of nitrogens with zero attached hydrogens (tertiary/aromatic N) is 3. The van der Waals surface area contributed by atoms with Crippen molar-refractivity contribution in [2.24, 2.45) is 0 Å². The Balaban J connectivity index is 1.82. The second kappa shape index (κ2) is 7.36. The van der Waals surface area contributed by atoms with E-state index in [-0.39, 0.29) is 22.8 Å². The first-order valence-electron chi connectivity index (χ1n) is 8.92. The highest BCUT2D eigenvalue weighted by Gasteiger charge is 2.36. The number of benzene rings is 1. The van der Waals surface area contributed by atoms with Crippen molar-refractivity contribution in [3.05, 3.63) is 29.8 Å². The van der Waals surface area contributed by atoms with Crippen LogP contribution in [-0.2, 0) is 14.8 Å². The van der Waals surface area contributed by atoms with Gasteiger partial charge in [-0.2, -0.15) is 4.31 Å². The van der Waals surface area contributed by atoms with E-state index in [1.54, 1.807) is 26.2 Å². The highest BCUT2D eigenvalue weighted by atomic mass is 32.2. The van der Waals surface area contributed by atoms with E-state index < -0.39 is 10.0 Å². The van der Waals surface area contributed by atoms with E-state index in [0.717, 1.165) is 19.3 Å². The van der Waals surface area contributed by atoms with Crippen molar-refractivity contribution in [3.8, 4) is 0 Å². The lowest BCUT2D eigenvalue weighted by Gasteiger charge is -2.36. The normalized spacial score (nSPS) is 21.8. The lowest BCUT2D eigenvalue weighted by Crippen LogP contribution is -2.50. The summed E-state index contributed by atoms with van der Waals surface area (Å²) in [5, 5.41) is 0. The van der Waals surface area contributed by atoms with E-state index >= 15 is 0 Å². The van der Waals surface area contributed by atoms with Crippen LogP contribution in [0, 0.1) is 0 Å². The van der Waals surface area contributed by atoms with Crippen molar-refractivity contribution in [1.82, 2.24) is 14.1 Å². The molecule has 2 heterocycles. The van der Waals surface area contributed by atoms with Gasteiger partial charge >= 0.3 is 0 Å². The first kappa shape index (κ1) is 18.8. The number of rotatable bonds is 4. The summed E-state index contributed by atoms with van der Waals surface area (Å²) in [7, 11) is -0.438. The van der Waals surface area contributed by atoms with Crippen LogP contribution in [0.2, 0.25) is 0 Å². The Hall–Kier alpha value is -1.93. The molecule has 2 aliphatic rings. The molecule has 0 aromatic heterocycles. The fraction of sp³-hybridized carbons (Fsp3) is 0.556. The van der Waals surface area contributed by atoms with Crippen molar-refractivity contribution < 1.29 is 18.0 Å². The molecule has 1 unspecified atom stereocenters. The van der Waals surface area contributed by atoms with E-state index in [2.05, 4.69) is 0 Å². The molecule has 8 heteroatoms. The van der Waals surface area contributed by atoms with E-state index in [0.29, 0.717) is 31.6 Å². The van der Waals surface area contributed by atoms with Gasteiger partial charge in [0.25, 0.3) is 5.91 Å². The lowest BCUT2D eigenvalue weighted by atomic mass is 10.1. The van der Waals surface area contributed by atoms with Gasteiger partial charge in [0.15, 0.2) is 0 Å². The third-order valence-corrected chi connectivity index (χ3v) is 6.90. The summed E-state index contributed by atoms with van der Waals surface area (Å²) < 4.78 is 27.6. The summed E-state index contributed by atoms with van der Waals surface area (Å²) >= 11 is 0. The van der Waals surface area contributed by atoms with Gasteiger partial charge in [-0.1, -0.05) is 6.07 Å². The number of likely N-dealkylation sites (tertiary alicyclic amines) is 1. The largest absolute Gasteiger partial charge is 0.345 e. The van der Waals surface area contributed by atoms with Gasteiger partial charge in [-0.25, -0.2) is 8.42 Å². The third kappa shape index (κ3) is 3.61. The summed E-state index contributed by atoms with van der Waals surface area (Å²) in [4.78, 5) is 27.5. The van der Waals surface area contributed by atoms with Crippen LogP contribution in [0.3, 0.4) is 0 Å². The average Bonchev–Trinajstić information content (AvgIpc) is 3.07. The molecule has 3 rings (SSSR count). The Labute approximate surface area is 154 Å². The van der Waals surface area contributed by atoms with E-state index in [1.807, 2.05) is 4.90 Å². The van der Waals surface area contributed by atoms with Crippen LogP contribution in [0.5, 0.6) is 0 Å². The molecule has 26 heavy (non-hydrogen) atoms. The highest BCUT2D eigenvalue weighted by molar-refractivity contribution is 7.89. The maximum atomic E-state index is 13.1. The predicted molar refractivity (Wildman–Crippen MR) is 97.2 cm³/mol. The minimum absolute atomic E-state index is 0.0554. The molecule has 2 fully saturated rings. The van der Waals surface area contributed by atoms with E-state index in [1.165, 1.54) is 21.3 Å². The first-order valence-corrected chi connectivity index (χ1v) is 10.4. The maximum Gasteiger partial charge on any atom is 0.253 e. The smallest absolute Gasteiger partial charge is 0.253 e. The van der Waals surface area contributed by atoms with Crippen LogP contribution >= 0.6 is 0 Å². The van der Waals surface area contributed by atoms with E-state index in [4.69, 9.17) is 0 Å². The lowest BCUT2D eigenvalue weighted by molar-refractivity contribution is -0.130. The summed E-state index contributed by atoms with van der Waals surface area (Å²) in [5.74, 6) is -0.117. The van der Waals surface area contributed by atoms with Crippen LogP contribution in [0.1, 0.15) is 36.0 Å². The predicted octanol–water partition coefficient (Wildman–Crippen LogP) is 1.16. The molecule has 0 saturated carbocycles. The van der Waals surface area contributed by atoms with Gasteiger partial charge in [0.2, 0.25) is 15.9 Å². The molecule has 1 aromatic carbocycles. The molecule has 7 nitrogen and oxygen atoms in total. The molecule has 0 spiro atoms. The Morgan fingerprint density at radius 2 is 1.96 bits per heavy atom. The minimum Gasteiger partial charge on any atom is -0.345 e. The van der Waals surface area contributed by atoms with Crippen molar-refractivity contribution in [3.63, 3.8) is 0 Å². The van der Waals surface area contributed by atoms with Gasteiger partial charge in [-0.3, -0.25) is 9.59 Å². The Morgan fingerprint density at radius 1 is 1.19 bits per heavy atom. The summed E-state index contributed by atoms with van der Waals surface area (Å²) in [6.07, 6.45) is 2.95. The number of sulfonamides is 1. The number of carbonyl (C=O) groups excluding carboxylic acids is 2. The van der Waals surface area contributed by atoms with Crippen molar-refractivity contribution in [2.45, 2.75) is 36.6 Å². The van der Waals surface area contributed by atoms with Crippen LogP contribution < -0.4 is 0 Å². The van der Waals surface area contributed by atoms with Crippen LogP contribution in [-0.4, -0.2) is 74.1 Å². The molecule has 1 aromatic rings. The summed E-state index contributed by atoms with van der Waals surface area (Å²) in [6.45, 7) is 1.47. The van der Waals surface area contributed by atoms with Gasteiger partial charge < -0.3 is 9.80 Å². The van der Waals surface area contributed by atoms with Crippen LogP contribution in [0.4, 0.5) is 0 Å². The highest BCUT2D eigenvalue weighted by Crippen LogP contribution is 2.26. The molecule has 2 aliphatic heterocycles. The topological polar surface area (TPSA) is 78.0 Å². The zero-order chi connectivity index (χ0) is 18.9. The SMILES string of the molecule is CN(C)C(=O)c1cccc(S(=O)(=O)N2CCCC(N3CCCC3=O)C2)c1. The van der Waals surface area contributed by atoms with Gasteiger partial charge in [0.05, 0.1) is 4.90 Å². The zero-order valence-corrected chi connectivity index (χ0v) is 16.0. The molecule has 142 valence electrons. The zero-order valence-electron chi connectivity index (χ0n) is 15.2. The van der Waals surface area contributed by atoms with Crippen molar-refractivity contribution in [1.29, 1.82) is 0 Å². The summed E-state index contributed by atoms with van der Waals surface area (Å²) in [5.41, 5.74) is 0.347. The molecular formula is C18H25N3O4S. The molecule has 2 saturated heterocycles. The van der Waals surface area contributed by atoms with Crippen LogP contribution in [0.25, 0.3) is 0 Å². The molecule has 0 bridgehead atoms. The third-order valence-electron chi connectivity index (χ3n) is 5.03. The molecule has 0 N–H and O–H groups in total. The monoisotopic (exact) mass is 379 g/mol.